The lowest BCUT2D eigenvalue weighted by Gasteiger charge is -2.35. The molecule has 7 heteroatoms. The minimum absolute atomic E-state index is 0.00724. The molecule has 0 aliphatic carbocycles. The molecule has 2 aromatic rings. The molecule has 168 valence electrons. The van der Waals surface area contributed by atoms with Gasteiger partial charge in [0.05, 0.1) is 12.5 Å². The lowest BCUT2D eigenvalue weighted by atomic mass is 10.1. The Bertz CT molecular complexity index is 970. The largest absolute Gasteiger partial charge is 0.340 e. The number of nitrogens with one attached hydrogen (secondary N) is 1. The number of aryl methyl sites for hydroxylation is 1. The Hall–Kier alpha value is -3.19. The first-order valence-electron chi connectivity index (χ1n) is 11.3. The normalized spacial score (nSPS) is 19.3. The van der Waals surface area contributed by atoms with Crippen LogP contribution in [0, 0.1) is 5.92 Å². The predicted octanol–water partition coefficient (Wildman–Crippen LogP) is 2.38. The van der Waals surface area contributed by atoms with Crippen LogP contribution in [0.3, 0.4) is 0 Å². The second kappa shape index (κ2) is 9.96. The number of para-hydroxylation sites is 1. The second-order valence-corrected chi connectivity index (χ2v) is 8.44. The van der Waals surface area contributed by atoms with E-state index >= 15 is 0 Å². The summed E-state index contributed by atoms with van der Waals surface area (Å²) in [5.41, 5.74) is 2.84. The first-order valence-corrected chi connectivity index (χ1v) is 11.3. The van der Waals surface area contributed by atoms with Crippen LogP contribution >= 0.6 is 0 Å². The number of hydrogen-bond acceptors (Lipinski definition) is 4. The van der Waals surface area contributed by atoms with Crippen molar-refractivity contribution in [1.82, 2.24) is 9.80 Å². The zero-order valence-electron chi connectivity index (χ0n) is 18.5. The van der Waals surface area contributed by atoms with Gasteiger partial charge in [0.1, 0.15) is 0 Å². The number of carbonyl (C=O) groups is 3. The highest BCUT2D eigenvalue weighted by molar-refractivity contribution is 6.00. The summed E-state index contributed by atoms with van der Waals surface area (Å²) >= 11 is 0. The number of rotatable bonds is 6. The summed E-state index contributed by atoms with van der Waals surface area (Å²) in [5, 5.41) is 2.90. The molecule has 32 heavy (non-hydrogen) atoms. The fourth-order valence-corrected chi connectivity index (χ4v) is 4.38. The van der Waals surface area contributed by atoms with Gasteiger partial charge in [0.25, 0.3) is 0 Å². The molecule has 0 radical (unpaired) electrons. The quantitative estimate of drug-likeness (QED) is 0.758. The molecule has 0 spiro atoms. The molecule has 2 heterocycles. The van der Waals surface area contributed by atoms with Crippen LogP contribution in [-0.2, 0) is 20.8 Å². The van der Waals surface area contributed by atoms with Crippen molar-refractivity contribution in [1.29, 1.82) is 0 Å². The van der Waals surface area contributed by atoms with E-state index in [-0.39, 0.29) is 30.1 Å². The number of anilines is 2. The van der Waals surface area contributed by atoms with Gasteiger partial charge < -0.3 is 15.1 Å². The molecule has 7 nitrogen and oxygen atoms in total. The van der Waals surface area contributed by atoms with Gasteiger partial charge in [-0.05, 0) is 36.2 Å². The van der Waals surface area contributed by atoms with E-state index in [2.05, 4.69) is 17.1 Å². The maximum Gasteiger partial charge on any atom is 0.238 e. The van der Waals surface area contributed by atoms with Crippen molar-refractivity contribution in [3.05, 3.63) is 60.2 Å². The van der Waals surface area contributed by atoms with Gasteiger partial charge in [-0.1, -0.05) is 37.3 Å². The Morgan fingerprint density at radius 2 is 1.75 bits per heavy atom. The highest BCUT2D eigenvalue weighted by Gasteiger charge is 2.38. The zero-order chi connectivity index (χ0) is 22.5. The highest BCUT2D eigenvalue weighted by atomic mass is 16.2. The molecule has 1 atom stereocenters. The predicted molar refractivity (Wildman–Crippen MR) is 124 cm³/mol. The topological polar surface area (TPSA) is 73.0 Å². The van der Waals surface area contributed by atoms with Crippen molar-refractivity contribution in [2.24, 2.45) is 5.92 Å². The van der Waals surface area contributed by atoms with Gasteiger partial charge in [-0.2, -0.15) is 0 Å². The zero-order valence-corrected chi connectivity index (χ0v) is 18.5. The van der Waals surface area contributed by atoms with Crippen LogP contribution in [0.4, 0.5) is 11.4 Å². The Kier molecular flexibility index (Phi) is 6.85. The third-order valence-corrected chi connectivity index (χ3v) is 6.21. The van der Waals surface area contributed by atoms with Crippen LogP contribution in [0.15, 0.2) is 54.6 Å². The number of carbonyl (C=O) groups excluding carboxylic acids is 3. The third-order valence-electron chi connectivity index (χ3n) is 6.21. The molecular weight excluding hydrogens is 404 g/mol. The highest BCUT2D eigenvalue weighted by Crippen LogP contribution is 2.27. The van der Waals surface area contributed by atoms with E-state index in [1.807, 2.05) is 59.5 Å². The van der Waals surface area contributed by atoms with Crippen molar-refractivity contribution in [3.63, 3.8) is 0 Å². The van der Waals surface area contributed by atoms with Gasteiger partial charge in [-0.3, -0.25) is 19.3 Å². The number of amides is 3. The van der Waals surface area contributed by atoms with E-state index < -0.39 is 0 Å². The van der Waals surface area contributed by atoms with E-state index in [0.717, 1.165) is 17.8 Å². The van der Waals surface area contributed by atoms with Gasteiger partial charge in [-0.15, -0.1) is 0 Å². The molecule has 2 fully saturated rings. The lowest BCUT2D eigenvalue weighted by molar-refractivity contribution is -0.137. The summed E-state index contributed by atoms with van der Waals surface area (Å²) in [6.45, 7) is 5.28. The molecule has 0 saturated carbocycles. The van der Waals surface area contributed by atoms with Crippen LogP contribution < -0.4 is 10.2 Å². The first-order chi connectivity index (χ1) is 15.5. The fraction of sp³-hybridized carbons (Fsp3) is 0.400. The summed E-state index contributed by atoms with van der Waals surface area (Å²) in [6, 6.07) is 17.4. The molecule has 2 aromatic carbocycles. The van der Waals surface area contributed by atoms with Gasteiger partial charge in [0.15, 0.2) is 0 Å². The van der Waals surface area contributed by atoms with Crippen LogP contribution in [0.5, 0.6) is 0 Å². The van der Waals surface area contributed by atoms with Gasteiger partial charge in [-0.25, -0.2) is 0 Å². The summed E-state index contributed by atoms with van der Waals surface area (Å²) in [5.74, 6) is -0.309. The number of piperazine rings is 1. The summed E-state index contributed by atoms with van der Waals surface area (Å²) < 4.78 is 0. The van der Waals surface area contributed by atoms with Crippen molar-refractivity contribution >= 4 is 29.1 Å². The summed E-state index contributed by atoms with van der Waals surface area (Å²) in [6.07, 6.45) is 1.17. The van der Waals surface area contributed by atoms with Crippen molar-refractivity contribution < 1.29 is 14.4 Å². The molecule has 2 aliphatic heterocycles. The Morgan fingerprint density at radius 3 is 2.47 bits per heavy atom. The van der Waals surface area contributed by atoms with E-state index in [9.17, 15) is 14.4 Å². The minimum atomic E-state index is -0.305. The number of benzene rings is 2. The van der Waals surface area contributed by atoms with Crippen molar-refractivity contribution in [2.45, 2.75) is 19.8 Å². The maximum absolute atomic E-state index is 13.1. The van der Waals surface area contributed by atoms with Gasteiger partial charge in [0, 0.05) is 50.5 Å². The van der Waals surface area contributed by atoms with Crippen molar-refractivity contribution in [3.8, 4) is 0 Å². The van der Waals surface area contributed by atoms with Gasteiger partial charge in [0.2, 0.25) is 17.7 Å². The van der Waals surface area contributed by atoms with Gasteiger partial charge >= 0.3 is 0 Å². The summed E-state index contributed by atoms with van der Waals surface area (Å²) in [7, 11) is 0. The third kappa shape index (κ3) is 5.16. The SMILES string of the molecule is CCc1cccc(N2CC(C(=O)N3CCN(CC(=O)Nc4ccccc4)CC3)CC2=O)c1. The molecule has 4 rings (SSSR count). The Morgan fingerprint density at radius 1 is 1.00 bits per heavy atom. The van der Waals surface area contributed by atoms with E-state index in [1.165, 1.54) is 5.56 Å². The molecule has 0 aromatic heterocycles. The lowest BCUT2D eigenvalue weighted by Crippen LogP contribution is -2.52. The first kappa shape index (κ1) is 22.0. The molecule has 1 N–H and O–H groups in total. The summed E-state index contributed by atoms with van der Waals surface area (Å²) in [4.78, 5) is 43.6. The minimum Gasteiger partial charge on any atom is -0.340 e. The van der Waals surface area contributed by atoms with Crippen LogP contribution in [0.2, 0.25) is 0 Å². The van der Waals surface area contributed by atoms with E-state index in [4.69, 9.17) is 0 Å². The van der Waals surface area contributed by atoms with E-state index in [1.54, 1.807) is 4.90 Å². The monoisotopic (exact) mass is 434 g/mol. The van der Waals surface area contributed by atoms with E-state index in [0.29, 0.717) is 39.3 Å². The molecular formula is C25H30N4O3. The molecule has 1 unspecified atom stereocenters. The second-order valence-electron chi connectivity index (χ2n) is 8.44. The standard InChI is InChI=1S/C25H30N4O3/c1-2-19-7-6-10-22(15-19)29-17-20(16-24(29)31)25(32)28-13-11-27(12-14-28)18-23(30)26-21-8-4-3-5-9-21/h3-10,15,20H,2,11-14,16-18H2,1H3,(H,26,30). The fourth-order valence-electron chi connectivity index (χ4n) is 4.38. The average molecular weight is 435 g/mol. The molecule has 0 bridgehead atoms. The average Bonchev–Trinajstić information content (AvgIpc) is 3.21. The number of hydrogen-bond donors (Lipinski definition) is 1. The maximum atomic E-state index is 13.1. The molecule has 3 amide bonds. The number of nitrogens with zero attached hydrogens (tertiary/aromatic N) is 3. The smallest absolute Gasteiger partial charge is 0.238 e. The van der Waals surface area contributed by atoms with Crippen LogP contribution in [0.25, 0.3) is 0 Å². The van der Waals surface area contributed by atoms with Crippen LogP contribution in [0.1, 0.15) is 18.9 Å². The Balaban J connectivity index is 1.27. The van der Waals surface area contributed by atoms with Crippen LogP contribution in [-0.4, -0.2) is 66.8 Å². The molecule has 2 aliphatic rings. The molecule has 2 saturated heterocycles. The van der Waals surface area contributed by atoms with Crippen molar-refractivity contribution in [2.75, 3.05) is 49.5 Å². The Labute approximate surface area is 189 Å².